The number of aromatic nitrogens is 2. The molecule has 2 aromatic heterocycles. The number of hydrogen-bond acceptors (Lipinski definition) is 3. The Morgan fingerprint density at radius 2 is 2.38 bits per heavy atom. The second kappa shape index (κ2) is 5.79. The summed E-state index contributed by atoms with van der Waals surface area (Å²) in [4.78, 5) is 18.5. The summed E-state index contributed by atoms with van der Waals surface area (Å²) in [7, 11) is 0. The van der Waals surface area contributed by atoms with Gasteiger partial charge in [-0.15, -0.1) is 0 Å². The Bertz CT molecular complexity index is 873. The SMILES string of the molecule is C[C@@H]1CCN(C(=O)CC#N)C[C@@H]1n1ccc2cnc3c(c21)C=CC3. The Kier molecular flexibility index (Phi) is 3.61. The lowest BCUT2D eigenvalue weighted by Crippen LogP contribution is -2.43. The highest BCUT2D eigenvalue weighted by Crippen LogP contribution is 2.35. The van der Waals surface area contributed by atoms with E-state index < -0.39 is 0 Å². The van der Waals surface area contributed by atoms with Gasteiger partial charge in [0.05, 0.1) is 23.3 Å². The summed E-state index contributed by atoms with van der Waals surface area (Å²) >= 11 is 0. The largest absolute Gasteiger partial charge is 0.342 e. The number of allylic oxidation sites excluding steroid dienone is 1. The number of likely N-dealkylation sites (tertiary alicyclic amines) is 1. The van der Waals surface area contributed by atoms with Crippen molar-refractivity contribution in [3.05, 3.63) is 35.8 Å². The van der Waals surface area contributed by atoms with Gasteiger partial charge in [0.2, 0.25) is 5.91 Å². The van der Waals surface area contributed by atoms with Crippen molar-refractivity contribution in [2.24, 2.45) is 5.92 Å². The molecule has 1 saturated heterocycles. The standard InChI is InChI=1S/C19H20N4O/c1-13-6-9-22(18(24)5-8-20)12-17(13)23-10-7-14-11-21-16-4-2-3-15(16)19(14)23/h2-3,7,10-11,13,17H,4-6,9,12H2,1H3/t13-,17+/m1/s1. The van der Waals surface area contributed by atoms with Gasteiger partial charge in [-0.3, -0.25) is 9.78 Å². The van der Waals surface area contributed by atoms with Crippen LogP contribution >= 0.6 is 0 Å². The number of carbonyl (C=O) groups is 1. The molecule has 24 heavy (non-hydrogen) atoms. The molecule has 2 atom stereocenters. The van der Waals surface area contributed by atoms with Gasteiger partial charge < -0.3 is 9.47 Å². The Labute approximate surface area is 141 Å². The number of pyridine rings is 1. The lowest BCUT2D eigenvalue weighted by Gasteiger charge is -2.38. The third-order valence-corrected chi connectivity index (χ3v) is 5.33. The summed E-state index contributed by atoms with van der Waals surface area (Å²) in [5.74, 6) is 0.429. The zero-order chi connectivity index (χ0) is 16.7. The number of nitrogens with zero attached hydrogens (tertiary/aromatic N) is 4. The highest BCUT2D eigenvalue weighted by Gasteiger charge is 2.31. The van der Waals surface area contributed by atoms with Crippen molar-refractivity contribution in [2.75, 3.05) is 13.1 Å². The minimum absolute atomic E-state index is 0.0322. The highest BCUT2D eigenvalue weighted by atomic mass is 16.2. The van der Waals surface area contributed by atoms with Crippen molar-refractivity contribution >= 4 is 22.9 Å². The van der Waals surface area contributed by atoms with Crippen LogP contribution in [0.4, 0.5) is 0 Å². The molecule has 3 heterocycles. The maximum Gasteiger partial charge on any atom is 0.236 e. The van der Waals surface area contributed by atoms with E-state index in [2.05, 4.69) is 40.9 Å². The summed E-state index contributed by atoms with van der Waals surface area (Å²) in [5.41, 5.74) is 3.56. The van der Waals surface area contributed by atoms with Crippen LogP contribution in [0.3, 0.4) is 0 Å². The Morgan fingerprint density at radius 1 is 1.50 bits per heavy atom. The van der Waals surface area contributed by atoms with Gasteiger partial charge in [-0.05, 0) is 18.4 Å². The first-order valence-corrected chi connectivity index (χ1v) is 8.48. The van der Waals surface area contributed by atoms with E-state index in [1.807, 2.05) is 17.2 Å². The van der Waals surface area contributed by atoms with Crippen molar-refractivity contribution < 1.29 is 4.79 Å². The number of amides is 1. The molecule has 2 aromatic rings. The quantitative estimate of drug-likeness (QED) is 0.854. The van der Waals surface area contributed by atoms with E-state index in [0.29, 0.717) is 12.5 Å². The molecular formula is C19H20N4O. The van der Waals surface area contributed by atoms with Gasteiger partial charge in [0, 0.05) is 42.9 Å². The lowest BCUT2D eigenvalue weighted by atomic mass is 9.92. The molecule has 5 heteroatoms. The van der Waals surface area contributed by atoms with Crippen LogP contribution in [-0.2, 0) is 11.2 Å². The van der Waals surface area contributed by atoms with Crippen LogP contribution in [0.2, 0.25) is 0 Å². The van der Waals surface area contributed by atoms with E-state index in [-0.39, 0.29) is 18.4 Å². The minimum Gasteiger partial charge on any atom is -0.342 e. The minimum atomic E-state index is -0.0577. The molecule has 0 radical (unpaired) electrons. The van der Waals surface area contributed by atoms with Gasteiger partial charge in [-0.2, -0.15) is 5.26 Å². The smallest absolute Gasteiger partial charge is 0.236 e. The normalized spacial score (nSPS) is 22.6. The van der Waals surface area contributed by atoms with Gasteiger partial charge in [-0.1, -0.05) is 19.1 Å². The predicted octanol–water partition coefficient (Wildman–Crippen LogP) is 2.93. The second-order valence-electron chi connectivity index (χ2n) is 6.76. The van der Waals surface area contributed by atoms with Crippen LogP contribution < -0.4 is 0 Å². The molecule has 0 bridgehead atoms. The first-order valence-electron chi connectivity index (χ1n) is 8.48. The van der Waals surface area contributed by atoms with E-state index in [1.54, 1.807) is 0 Å². The van der Waals surface area contributed by atoms with Crippen molar-refractivity contribution in [3.8, 4) is 6.07 Å². The molecule has 1 aliphatic heterocycles. The fourth-order valence-electron chi connectivity index (χ4n) is 3.94. The van der Waals surface area contributed by atoms with Crippen LogP contribution in [0.15, 0.2) is 24.5 Å². The monoisotopic (exact) mass is 320 g/mol. The van der Waals surface area contributed by atoms with Gasteiger partial charge in [0.25, 0.3) is 0 Å². The molecule has 122 valence electrons. The summed E-state index contributed by atoms with van der Waals surface area (Å²) < 4.78 is 2.32. The fourth-order valence-corrected chi connectivity index (χ4v) is 3.94. The molecule has 5 nitrogen and oxygen atoms in total. The molecule has 1 aliphatic carbocycles. The number of piperidine rings is 1. The maximum atomic E-state index is 12.1. The Morgan fingerprint density at radius 3 is 3.21 bits per heavy atom. The number of hydrogen-bond donors (Lipinski definition) is 0. The van der Waals surface area contributed by atoms with E-state index in [1.165, 1.54) is 11.1 Å². The zero-order valence-electron chi connectivity index (χ0n) is 13.8. The molecule has 0 aromatic carbocycles. The average Bonchev–Trinajstić information content (AvgIpc) is 3.21. The molecule has 0 saturated carbocycles. The molecule has 1 amide bonds. The number of rotatable bonds is 2. The first kappa shape index (κ1) is 14.9. The molecule has 4 rings (SSSR count). The zero-order valence-corrected chi connectivity index (χ0v) is 13.8. The van der Waals surface area contributed by atoms with Crippen molar-refractivity contribution in [1.29, 1.82) is 5.26 Å². The topological polar surface area (TPSA) is 61.9 Å². The van der Waals surface area contributed by atoms with Crippen molar-refractivity contribution in [2.45, 2.75) is 32.2 Å². The molecule has 0 N–H and O–H groups in total. The predicted molar refractivity (Wildman–Crippen MR) is 92.1 cm³/mol. The first-order chi connectivity index (χ1) is 11.7. The van der Waals surface area contributed by atoms with Crippen molar-refractivity contribution in [3.63, 3.8) is 0 Å². The van der Waals surface area contributed by atoms with Crippen LogP contribution in [0.1, 0.15) is 37.1 Å². The molecule has 2 aliphatic rings. The Balaban J connectivity index is 1.73. The third kappa shape index (κ3) is 2.30. The number of nitriles is 1. The average molecular weight is 320 g/mol. The maximum absolute atomic E-state index is 12.1. The highest BCUT2D eigenvalue weighted by molar-refractivity contribution is 5.90. The summed E-state index contributed by atoms with van der Waals surface area (Å²) in [6.07, 6.45) is 10.2. The molecule has 1 fully saturated rings. The molecular weight excluding hydrogens is 300 g/mol. The fraction of sp³-hybridized carbons (Fsp3) is 0.421. The van der Waals surface area contributed by atoms with E-state index >= 15 is 0 Å². The van der Waals surface area contributed by atoms with Crippen LogP contribution in [0.25, 0.3) is 17.0 Å². The second-order valence-corrected chi connectivity index (χ2v) is 6.76. The lowest BCUT2D eigenvalue weighted by molar-refractivity contribution is -0.132. The molecule has 0 unspecified atom stereocenters. The summed E-state index contributed by atoms with van der Waals surface area (Å²) in [6, 6.07) is 4.32. The van der Waals surface area contributed by atoms with Crippen LogP contribution in [-0.4, -0.2) is 33.4 Å². The van der Waals surface area contributed by atoms with Crippen LogP contribution in [0.5, 0.6) is 0 Å². The number of carbonyl (C=O) groups excluding carboxylic acids is 1. The van der Waals surface area contributed by atoms with Gasteiger partial charge in [0.15, 0.2) is 0 Å². The van der Waals surface area contributed by atoms with Crippen LogP contribution in [0, 0.1) is 17.2 Å². The van der Waals surface area contributed by atoms with Gasteiger partial charge >= 0.3 is 0 Å². The Hall–Kier alpha value is -2.61. The van der Waals surface area contributed by atoms with E-state index in [0.717, 1.165) is 30.5 Å². The summed E-state index contributed by atoms with van der Waals surface area (Å²) in [5, 5.41) is 9.95. The summed E-state index contributed by atoms with van der Waals surface area (Å²) in [6.45, 7) is 3.67. The van der Waals surface area contributed by atoms with Gasteiger partial charge in [0.1, 0.15) is 6.42 Å². The van der Waals surface area contributed by atoms with E-state index in [4.69, 9.17) is 5.26 Å². The molecule has 0 spiro atoms. The third-order valence-electron chi connectivity index (χ3n) is 5.33. The number of fused-ring (bicyclic) bond motifs is 3. The van der Waals surface area contributed by atoms with Crippen molar-refractivity contribution in [1.82, 2.24) is 14.5 Å². The van der Waals surface area contributed by atoms with E-state index in [9.17, 15) is 4.79 Å². The van der Waals surface area contributed by atoms with Gasteiger partial charge in [-0.25, -0.2) is 0 Å².